The molecule has 0 aliphatic heterocycles. The number of hydrogen-bond acceptors (Lipinski definition) is 4. The van der Waals surface area contributed by atoms with Crippen molar-refractivity contribution in [3.63, 3.8) is 0 Å². The molecule has 0 spiro atoms. The van der Waals surface area contributed by atoms with Crippen LogP contribution >= 0.6 is 11.6 Å². The predicted molar refractivity (Wildman–Crippen MR) is 82.7 cm³/mol. The summed E-state index contributed by atoms with van der Waals surface area (Å²) < 4.78 is 5.02. The fraction of sp³-hybridized carbons (Fsp3) is 0.438. The van der Waals surface area contributed by atoms with Crippen LogP contribution in [0, 0.1) is 6.92 Å². The highest BCUT2D eigenvalue weighted by Crippen LogP contribution is 2.43. The number of hydrogen-bond donors (Lipinski definition) is 1. The molecule has 2 aromatic rings. The maximum Gasteiger partial charge on any atom is 0.226 e. The zero-order valence-electron chi connectivity index (χ0n) is 12.4. The monoisotopic (exact) mass is 319 g/mol. The fourth-order valence-corrected chi connectivity index (χ4v) is 2.87. The predicted octanol–water partition coefficient (Wildman–Crippen LogP) is 3.03. The number of nitrogens with zero attached hydrogens (tertiary/aromatic N) is 2. The highest BCUT2D eigenvalue weighted by molar-refractivity contribution is 6.31. The Bertz CT molecular complexity index is 671. The van der Waals surface area contributed by atoms with Gasteiger partial charge in [0.05, 0.1) is 0 Å². The Balaban J connectivity index is 1.41. The van der Waals surface area contributed by atoms with Crippen LogP contribution in [0.4, 0.5) is 0 Å². The maximum atomic E-state index is 11.9. The van der Waals surface area contributed by atoms with Crippen molar-refractivity contribution in [3.05, 3.63) is 46.6 Å². The molecule has 1 saturated carbocycles. The first-order valence-electron chi connectivity index (χ1n) is 7.46. The molecule has 1 aliphatic carbocycles. The van der Waals surface area contributed by atoms with E-state index in [0.717, 1.165) is 17.0 Å². The molecule has 0 bridgehead atoms. The first-order valence-corrected chi connectivity index (χ1v) is 7.84. The number of carbonyl (C=O) groups is 1. The summed E-state index contributed by atoms with van der Waals surface area (Å²) in [6.45, 7) is 1.78. The van der Waals surface area contributed by atoms with E-state index < -0.39 is 0 Å². The van der Waals surface area contributed by atoms with Crippen molar-refractivity contribution < 1.29 is 9.32 Å². The molecule has 5 nitrogen and oxygen atoms in total. The molecule has 116 valence electrons. The number of benzene rings is 1. The smallest absolute Gasteiger partial charge is 0.226 e. The molecule has 6 heteroatoms. The SMILES string of the molecule is Cc1noc(CCCC(=O)N[C@@H]2C[C@@H]2c2ccccc2Cl)n1. The lowest BCUT2D eigenvalue weighted by Crippen LogP contribution is -2.26. The van der Waals surface area contributed by atoms with Gasteiger partial charge in [0.15, 0.2) is 5.82 Å². The summed E-state index contributed by atoms with van der Waals surface area (Å²) in [5.41, 5.74) is 1.12. The molecule has 1 aromatic heterocycles. The number of nitrogens with one attached hydrogen (secondary N) is 1. The van der Waals surface area contributed by atoms with Crippen LogP contribution in [0.3, 0.4) is 0 Å². The summed E-state index contributed by atoms with van der Waals surface area (Å²) in [6, 6.07) is 8.02. The second-order valence-corrected chi connectivity index (χ2v) is 6.03. The number of aromatic nitrogens is 2. The van der Waals surface area contributed by atoms with Crippen molar-refractivity contribution in [1.29, 1.82) is 0 Å². The Hall–Kier alpha value is -1.88. The lowest BCUT2D eigenvalue weighted by atomic mass is 10.1. The van der Waals surface area contributed by atoms with E-state index in [1.165, 1.54) is 0 Å². The van der Waals surface area contributed by atoms with Crippen LogP contribution < -0.4 is 5.32 Å². The van der Waals surface area contributed by atoms with E-state index in [2.05, 4.69) is 15.5 Å². The zero-order chi connectivity index (χ0) is 15.5. The molecule has 0 radical (unpaired) electrons. The van der Waals surface area contributed by atoms with Crippen molar-refractivity contribution in [2.24, 2.45) is 0 Å². The Labute approximate surface area is 134 Å². The molecule has 22 heavy (non-hydrogen) atoms. The highest BCUT2D eigenvalue weighted by Gasteiger charge is 2.40. The third kappa shape index (κ3) is 3.65. The first-order chi connectivity index (χ1) is 10.6. The average Bonchev–Trinajstić information content (AvgIpc) is 3.11. The van der Waals surface area contributed by atoms with Gasteiger partial charge in [0, 0.05) is 29.8 Å². The third-order valence-electron chi connectivity index (χ3n) is 3.81. The van der Waals surface area contributed by atoms with Crippen LogP contribution in [0.25, 0.3) is 0 Å². The molecule has 1 N–H and O–H groups in total. The lowest BCUT2D eigenvalue weighted by molar-refractivity contribution is -0.121. The second kappa shape index (κ2) is 6.48. The Morgan fingerprint density at radius 1 is 1.45 bits per heavy atom. The molecular weight excluding hydrogens is 302 g/mol. The van der Waals surface area contributed by atoms with Gasteiger partial charge in [0.1, 0.15) is 0 Å². The van der Waals surface area contributed by atoms with E-state index in [1.807, 2.05) is 24.3 Å². The Morgan fingerprint density at radius 3 is 3.00 bits per heavy atom. The quantitative estimate of drug-likeness (QED) is 0.888. The minimum absolute atomic E-state index is 0.0655. The summed E-state index contributed by atoms with van der Waals surface area (Å²) >= 11 is 6.18. The van der Waals surface area contributed by atoms with Gasteiger partial charge in [-0.2, -0.15) is 4.98 Å². The summed E-state index contributed by atoms with van der Waals surface area (Å²) in [6.07, 6.45) is 2.76. The van der Waals surface area contributed by atoms with Crippen LogP contribution in [0.2, 0.25) is 5.02 Å². The summed E-state index contributed by atoms with van der Waals surface area (Å²) in [5, 5.41) is 7.56. The molecule has 2 atom stereocenters. The van der Waals surface area contributed by atoms with Gasteiger partial charge >= 0.3 is 0 Å². The van der Waals surface area contributed by atoms with Gasteiger partial charge < -0.3 is 9.84 Å². The van der Waals surface area contributed by atoms with Crippen LogP contribution in [0.1, 0.15) is 42.5 Å². The number of rotatable bonds is 6. The molecule has 1 heterocycles. The molecule has 1 fully saturated rings. The van der Waals surface area contributed by atoms with Crippen LogP contribution in [-0.2, 0) is 11.2 Å². The molecular formula is C16H18ClN3O2. The lowest BCUT2D eigenvalue weighted by Gasteiger charge is -2.05. The van der Waals surface area contributed by atoms with E-state index >= 15 is 0 Å². The van der Waals surface area contributed by atoms with Gasteiger partial charge in [-0.05, 0) is 31.4 Å². The second-order valence-electron chi connectivity index (χ2n) is 5.63. The minimum Gasteiger partial charge on any atom is -0.353 e. The number of halogens is 1. The van der Waals surface area contributed by atoms with Crippen molar-refractivity contribution in [1.82, 2.24) is 15.5 Å². The van der Waals surface area contributed by atoms with E-state index in [0.29, 0.717) is 36.9 Å². The van der Waals surface area contributed by atoms with E-state index in [-0.39, 0.29) is 11.9 Å². The average molecular weight is 320 g/mol. The molecule has 1 aromatic carbocycles. The van der Waals surface area contributed by atoms with E-state index in [4.69, 9.17) is 16.1 Å². The van der Waals surface area contributed by atoms with Crippen molar-refractivity contribution in [3.8, 4) is 0 Å². The molecule has 1 aliphatic rings. The van der Waals surface area contributed by atoms with Gasteiger partial charge in [-0.3, -0.25) is 4.79 Å². The third-order valence-corrected chi connectivity index (χ3v) is 4.15. The minimum atomic E-state index is 0.0655. The van der Waals surface area contributed by atoms with Crippen LogP contribution in [-0.4, -0.2) is 22.1 Å². The van der Waals surface area contributed by atoms with Crippen molar-refractivity contribution in [2.75, 3.05) is 0 Å². The van der Waals surface area contributed by atoms with E-state index in [1.54, 1.807) is 6.92 Å². The van der Waals surface area contributed by atoms with Crippen molar-refractivity contribution in [2.45, 2.75) is 44.6 Å². The number of carbonyl (C=O) groups excluding carboxylic acids is 1. The molecule has 3 rings (SSSR count). The van der Waals surface area contributed by atoms with Crippen LogP contribution in [0.5, 0.6) is 0 Å². The number of aryl methyl sites for hydroxylation is 2. The maximum absolute atomic E-state index is 11.9. The zero-order valence-corrected chi connectivity index (χ0v) is 13.1. The van der Waals surface area contributed by atoms with E-state index in [9.17, 15) is 4.79 Å². The highest BCUT2D eigenvalue weighted by atomic mass is 35.5. The molecule has 0 saturated heterocycles. The topological polar surface area (TPSA) is 68.0 Å². The Kier molecular flexibility index (Phi) is 4.43. The van der Waals surface area contributed by atoms with Gasteiger partial charge in [0.2, 0.25) is 11.8 Å². The van der Waals surface area contributed by atoms with Gasteiger partial charge in [-0.25, -0.2) is 0 Å². The largest absolute Gasteiger partial charge is 0.353 e. The molecule has 0 unspecified atom stereocenters. The summed E-state index contributed by atoms with van der Waals surface area (Å²) in [7, 11) is 0. The Morgan fingerprint density at radius 2 is 2.27 bits per heavy atom. The molecule has 1 amide bonds. The standard InChI is InChI=1S/C16H18ClN3O2/c1-10-18-16(22-20-10)8-4-7-15(21)19-14-9-12(14)11-5-2-3-6-13(11)17/h2-3,5-6,12,14H,4,7-9H2,1H3,(H,19,21)/t12-,14-/m1/s1. The van der Waals surface area contributed by atoms with Crippen molar-refractivity contribution >= 4 is 17.5 Å². The first kappa shape index (κ1) is 15.0. The van der Waals surface area contributed by atoms with Gasteiger partial charge in [0.25, 0.3) is 0 Å². The van der Waals surface area contributed by atoms with Crippen LogP contribution in [0.15, 0.2) is 28.8 Å². The summed E-state index contributed by atoms with van der Waals surface area (Å²) in [5.74, 6) is 1.62. The van der Waals surface area contributed by atoms with Gasteiger partial charge in [-0.15, -0.1) is 0 Å². The number of amides is 1. The normalized spacial score (nSPS) is 19.9. The van der Waals surface area contributed by atoms with Gasteiger partial charge in [-0.1, -0.05) is 35.0 Å². The summed E-state index contributed by atoms with van der Waals surface area (Å²) in [4.78, 5) is 16.1. The fourth-order valence-electron chi connectivity index (χ4n) is 2.59.